The molecule has 1 aromatic carbocycles. The Morgan fingerprint density at radius 2 is 1.76 bits per heavy atom. The number of rotatable bonds is 11. The molecule has 16 heteroatoms. The number of amides is 3. The number of benzene rings is 1. The topological polar surface area (TPSA) is 141 Å². The van der Waals surface area contributed by atoms with Gasteiger partial charge in [-0.15, -0.1) is 0 Å². The lowest BCUT2D eigenvalue weighted by molar-refractivity contribution is -0.134. The fourth-order valence-electron chi connectivity index (χ4n) is 5.66. The van der Waals surface area contributed by atoms with Gasteiger partial charge in [0.15, 0.2) is 0 Å². The van der Waals surface area contributed by atoms with E-state index in [2.05, 4.69) is 15.4 Å². The van der Waals surface area contributed by atoms with Crippen LogP contribution in [0.5, 0.6) is 0 Å². The first-order valence-corrected chi connectivity index (χ1v) is 16.4. The van der Waals surface area contributed by atoms with Crippen molar-refractivity contribution in [3.8, 4) is 0 Å². The highest BCUT2D eigenvalue weighted by atomic mass is 19.4. The molecule has 51 heavy (non-hydrogen) atoms. The maximum atomic E-state index is 14.6. The second-order valence-corrected chi connectivity index (χ2v) is 13.1. The van der Waals surface area contributed by atoms with E-state index in [4.69, 9.17) is 4.74 Å². The molecule has 1 atom stereocenters. The molecule has 3 amide bonds. The number of alkyl carbamates (subject to hydrolysis) is 1. The van der Waals surface area contributed by atoms with Gasteiger partial charge < -0.3 is 29.6 Å². The summed E-state index contributed by atoms with van der Waals surface area (Å²) in [7, 11) is 1.12. The molecular weight excluding hydrogens is 678 g/mol. The zero-order valence-corrected chi connectivity index (χ0v) is 28.8. The molecule has 1 saturated heterocycles. The van der Waals surface area contributed by atoms with Crippen molar-refractivity contribution in [3.05, 3.63) is 76.1 Å². The monoisotopic (exact) mass is 719 g/mol. The van der Waals surface area contributed by atoms with E-state index in [-0.39, 0.29) is 53.1 Å². The normalized spacial score (nSPS) is 14.2. The van der Waals surface area contributed by atoms with Crippen molar-refractivity contribution in [1.29, 1.82) is 0 Å². The van der Waals surface area contributed by atoms with Gasteiger partial charge in [-0.1, -0.05) is 6.08 Å². The highest BCUT2D eigenvalue weighted by Gasteiger charge is 2.30. The third kappa shape index (κ3) is 10.7. The SMILES string of the molecule is COC(=O)N[C@@H](CC/C=C/C(=O)N1CCCC1)C(=O)Nc1cccn(Cc2cc3cc(F)cc(CCC(F)(F)F)c3n2C(=O)OC(C)(C)C)c1=O. The first-order chi connectivity index (χ1) is 24.0. The molecule has 0 saturated carbocycles. The summed E-state index contributed by atoms with van der Waals surface area (Å²) >= 11 is 0. The van der Waals surface area contributed by atoms with Crippen LogP contribution in [0.3, 0.4) is 0 Å². The number of nitrogens with one attached hydrogen (secondary N) is 2. The molecule has 276 valence electrons. The van der Waals surface area contributed by atoms with Gasteiger partial charge >= 0.3 is 18.4 Å². The first-order valence-electron chi connectivity index (χ1n) is 16.4. The molecule has 0 aliphatic carbocycles. The summed E-state index contributed by atoms with van der Waals surface area (Å²) in [6, 6.07) is 5.01. The summed E-state index contributed by atoms with van der Waals surface area (Å²) < 4.78 is 66.5. The number of nitrogens with zero attached hydrogens (tertiary/aromatic N) is 3. The van der Waals surface area contributed by atoms with Gasteiger partial charge in [0, 0.05) is 31.1 Å². The van der Waals surface area contributed by atoms with Gasteiger partial charge in [0.1, 0.15) is 23.1 Å². The molecule has 2 aromatic heterocycles. The van der Waals surface area contributed by atoms with E-state index in [0.717, 1.165) is 41.2 Å². The number of ether oxygens (including phenoxy) is 2. The second-order valence-electron chi connectivity index (χ2n) is 13.1. The number of methoxy groups -OCH3 is 1. The Hall–Kier alpha value is -5.15. The molecule has 3 aromatic rings. The van der Waals surface area contributed by atoms with Crippen LogP contribution in [-0.4, -0.2) is 76.1 Å². The molecule has 1 aliphatic rings. The minimum atomic E-state index is -4.54. The van der Waals surface area contributed by atoms with Gasteiger partial charge in [-0.25, -0.2) is 18.5 Å². The lowest BCUT2D eigenvalue weighted by atomic mass is 10.1. The maximum Gasteiger partial charge on any atom is 0.419 e. The number of pyridine rings is 1. The number of aryl methyl sites for hydroxylation is 1. The van der Waals surface area contributed by atoms with E-state index >= 15 is 0 Å². The molecule has 0 spiro atoms. The average Bonchev–Trinajstić information content (AvgIpc) is 3.70. The number of carbonyl (C=O) groups excluding carboxylic acids is 4. The van der Waals surface area contributed by atoms with Crippen molar-refractivity contribution in [2.45, 2.75) is 83.7 Å². The summed E-state index contributed by atoms with van der Waals surface area (Å²) in [4.78, 5) is 66.4. The summed E-state index contributed by atoms with van der Waals surface area (Å²) in [5.74, 6) is -1.70. The molecule has 12 nitrogen and oxygen atoms in total. The number of aromatic nitrogens is 2. The number of carbonyl (C=O) groups is 4. The first kappa shape index (κ1) is 38.6. The lowest BCUT2D eigenvalue weighted by Crippen LogP contribution is -2.44. The minimum absolute atomic E-state index is 0.00955. The van der Waals surface area contributed by atoms with Crippen molar-refractivity contribution in [3.63, 3.8) is 0 Å². The highest BCUT2D eigenvalue weighted by molar-refractivity contribution is 5.96. The molecule has 4 rings (SSSR count). The van der Waals surface area contributed by atoms with E-state index in [0.29, 0.717) is 13.1 Å². The fourth-order valence-corrected chi connectivity index (χ4v) is 5.66. The quantitative estimate of drug-likeness (QED) is 0.186. The van der Waals surface area contributed by atoms with E-state index in [1.165, 1.54) is 30.5 Å². The molecule has 1 aliphatic heterocycles. The predicted octanol–water partition coefficient (Wildman–Crippen LogP) is 5.89. The number of halogens is 4. The molecule has 1 fully saturated rings. The lowest BCUT2D eigenvalue weighted by Gasteiger charge is -2.22. The Balaban J connectivity index is 1.62. The van der Waals surface area contributed by atoms with E-state index in [1.54, 1.807) is 31.7 Å². The van der Waals surface area contributed by atoms with Crippen molar-refractivity contribution in [2.24, 2.45) is 0 Å². The third-order valence-electron chi connectivity index (χ3n) is 7.97. The van der Waals surface area contributed by atoms with Crippen LogP contribution in [0, 0.1) is 5.82 Å². The van der Waals surface area contributed by atoms with Gasteiger partial charge in [0.25, 0.3) is 5.56 Å². The molecule has 3 heterocycles. The zero-order valence-electron chi connectivity index (χ0n) is 28.8. The molecule has 0 radical (unpaired) electrons. The number of fused-ring (bicyclic) bond motifs is 1. The van der Waals surface area contributed by atoms with Crippen molar-refractivity contribution < 1.29 is 46.2 Å². The van der Waals surface area contributed by atoms with Crippen LogP contribution in [0.25, 0.3) is 10.9 Å². The summed E-state index contributed by atoms with van der Waals surface area (Å²) in [5.41, 5.74) is -1.88. The van der Waals surface area contributed by atoms with E-state index in [9.17, 15) is 41.5 Å². The number of hydrogen-bond acceptors (Lipinski definition) is 7. The molecular formula is C35H41F4N5O7. The van der Waals surface area contributed by atoms with Crippen LogP contribution in [0.15, 0.2) is 53.5 Å². The predicted molar refractivity (Wildman–Crippen MR) is 180 cm³/mol. The molecule has 0 bridgehead atoms. The van der Waals surface area contributed by atoms with Gasteiger partial charge in [-0.3, -0.25) is 14.4 Å². The smallest absolute Gasteiger partial charge is 0.419 e. The number of likely N-dealkylation sites (tertiary alicyclic amines) is 1. The highest BCUT2D eigenvalue weighted by Crippen LogP contribution is 2.30. The van der Waals surface area contributed by atoms with Crippen LogP contribution >= 0.6 is 0 Å². The maximum absolute atomic E-state index is 14.6. The van der Waals surface area contributed by atoms with Crippen molar-refractivity contribution >= 4 is 40.6 Å². The summed E-state index contributed by atoms with van der Waals surface area (Å²) in [5, 5.41) is 5.05. The van der Waals surface area contributed by atoms with Gasteiger partial charge in [-0.2, -0.15) is 13.2 Å². The number of anilines is 1. The zero-order chi connectivity index (χ0) is 37.5. The van der Waals surface area contributed by atoms with Crippen LogP contribution in [0.1, 0.15) is 64.1 Å². The standard InChI is InChI=1S/C35H41F4N5O7/c1-34(2,3)51-33(49)44-25(20-23-19-24(36)18-22(29(23)44)13-14-35(37,38)39)21-43-17-9-11-27(31(43)47)40-30(46)26(41-32(48)50-4)10-5-6-12-28(45)42-15-7-8-16-42/h6,9,11-12,17-20,26H,5,7-8,10,13-16,21H2,1-4H3,(H,40,46)(H,41,48)/b12-6+/t26-/m0/s1. The minimum Gasteiger partial charge on any atom is -0.453 e. The fraction of sp³-hybridized carbons (Fsp3) is 0.457. The van der Waals surface area contributed by atoms with E-state index in [1.807, 2.05) is 0 Å². The Morgan fingerprint density at radius 1 is 1.06 bits per heavy atom. The summed E-state index contributed by atoms with van der Waals surface area (Å²) in [6.45, 7) is 5.84. The van der Waals surface area contributed by atoms with Crippen LogP contribution in [0.2, 0.25) is 0 Å². The molecule has 0 unspecified atom stereocenters. The van der Waals surface area contributed by atoms with Crippen molar-refractivity contribution in [2.75, 3.05) is 25.5 Å². The van der Waals surface area contributed by atoms with Crippen LogP contribution in [-0.2, 0) is 32.0 Å². The Bertz CT molecular complexity index is 1850. The average molecular weight is 720 g/mol. The van der Waals surface area contributed by atoms with Gasteiger partial charge in [0.05, 0.1) is 24.9 Å². The number of alkyl halides is 3. The Labute approximate surface area is 291 Å². The number of hydrogen-bond donors (Lipinski definition) is 2. The second kappa shape index (κ2) is 16.2. The van der Waals surface area contributed by atoms with E-state index < -0.39 is 60.1 Å². The van der Waals surface area contributed by atoms with Crippen LogP contribution in [0.4, 0.5) is 32.8 Å². The van der Waals surface area contributed by atoms with Crippen LogP contribution < -0.4 is 16.2 Å². The number of allylic oxidation sites excluding steroid dienone is 1. The van der Waals surface area contributed by atoms with Gasteiger partial charge in [0.2, 0.25) is 11.8 Å². The largest absolute Gasteiger partial charge is 0.453 e. The van der Waals surface area contributed by atoms with Gasteiger partial charge in [-0.05, 0) is 94.8 Å². The Morgan fingerprint density at radius 3 is 2.41 bits per heavy atom. The van der Waals surface area contributed by atoms with Crippen molar-refractivity contribution in [1.82, 2.24) is 19.4 Å². The Kier molecular flexibility index (Phi) is 12.3. The molecule has 2 N–H and O–H groups in total. The third-order valence-corrected chi connectivity index (χ3v) is 7.97. The summed E-state index contributed by atoms with van der Waals surface area (Å²) in [6.07, 6.45) is -1.70.